The largest absolute Gasteiger partial charge is 0.459 e. The number of aryl methyl sites for hydroxylation is 1. The van der Waals surface area contributed by atoms with Gasteiger partial charge < -0.3 is 9.73 Å². The molecular weight excluding hydrogens is 284 g/mol. The molecule has 2 aromatic heterocycles. The Hall–Kier alpha value is -2.00. The number of anilines is 1. The molecule has 0 aliphatic heterocycles. The fourth-order valence-electron chi connectivity index (χ4n) is 2.64. The maximum atomic E-state index is 6.04. The molecule has 108 valence electrons. The molecule has 2 heterocycles. The molecule has 1 unspecified atom stereocenters. The second kappa shape index (κ2) is 5.78. The molecule has 0 spiro atoms. The molecular formula is C17H17ClN2O. The van der Waals surface area contributed by atoms with Crippen LogP contribution in [0.1, 0.15) is 31.2 Å². The van der Waals surface area contributed by atoms with Crippen molar-refractivity contribution in [1.82, 2.24) is 4.98 Å². The van der Waals surface area contributed by atoms with E-state index in [2.05, 4.69) is 30.2 Å². The number of para-hydroxylation sites is 1. The first-order valence-corrected chi connectivity index (χ1v) is 7.45. The van der Waals surface area contributed by atoms with Crippen LogP contribution >= 0.6 is 11.6 Å². The summed E-state index contributed by atoms with van der Waals surface area (Å²) in [6.07, 6.45) is 2.63. The highest BCUT2D eigenvalue weighted by molar-refractivity contribution is 6.29. The third kappa shape index (κ3) is 2.74. The van der Waals surface area contributed by atoms with Crippen molar-refractivity contribution < 1.29 is 4.42 Å². The maximum absolute atomic E-state index is 6.04. The molecule has 4 heteroatoms. The van der Waals surface area contributed by atoms with Crippen LogP contribution in [0.2, 0.25) is 5.15 Å². The Bertz CT molecular complexity index is 766. The number of aromatic nitrogens is 1. The summed E-state index contributed by atoms with van der Waals surface area (Å²) in [6, 6.07) is 11.9. The number of furan rings is 1. The fraction of sp³-hybridized carbons (Fsp3) is 0.235. The van der Waals surface area contributed by atoms with Crippen LogP contribution in [0.5, 0.6) is 0 Å². The first kappa shape index (κ1) is 14.0. The number of hydrogen-bond acceptors (Lipinski definition) is 3. The molecule has 0 radical (unpaired) electrons. The molecule has 0 fully saturated rings. The zero-order valence-electron chi connectivity index (χ0n) is 12.1. The number of pyridine rings is 1. The number of nitrogens with one attached hydrogen (secondary N) is 1. The topological polar surface area (TPSA) is 38.1 Å². The maximum Gasteiger partial charge on any atom is 0.134 e. The lowest BCUT2D eigenvalue weighted by Crippen LogP contribution is -2.07. The Morgan fingerprint density at radius 3 is 2.86 bits per heavy atom. The van der Waals surface area contributed by atoms with Gasteiger partial charge in [0.25, 0.3) is 0 Å². The predicted octanol–water partition coefficient (Wildman–Crippen LogP) is 5.22. The zero-order chi connectivity index (χ0) is 14.8. The monoisotopic (exact) mass is 300 g/mol. The van der Waals surface area contributed by atoms with Crippen LogP contribution in [-0.4, -0.2) is 4.98 Å². The zero-order valence-corrected chi connectivity index (χ0v) is 12.8. The lowest BCUT2D eigenvalue weighted by Gasteiger charge is -2.14. The van der Waals surface area contributed by atoms with Crippen molar-refractivity contribution in [2.75, 3.05) is 5.32 Å². The third-order valence-corrected chi connectivity index (χ3v) is 3.79. The lowest BCUT2D eigenvalue weighted by molar-refractivity contribution is 0.520. The molecule has 0 saturated carbocycles. The van der Waals surface area contributed by atoms with Crippen molar-refractivity contribution in [3.63, 3.8) is 0 Å². The van der Waals surface area contributed by atoms with Crippen LogP contribution in [0.4, 0.5) is 5.69 Å². The Labute approximate surface area is 128 Å². The summed E-state index contributed by atoms with van der Waals surface area (Å²) < 4.78 is 6.04. The molecule has 1 atom stereocenters. The summed E-state index contributed by atoms with van der Waals surface area (Å²) in [6.45, 7) is 4.24. The standard InChI is InChI=1S/C17H17ClN2O/c1-3-13-14-6-4-5-7-15(14)21-17(13)11(2)20-12-8-9-19-16(18)10-12/h4-11H,3H2,1-2H3,(H,19,20). The van der Waals surface area contributed by atoms with E-state index in [1.54, 1.807) is 6.20 Å². The van der Waals surface area contributed by atoms with Crippen LogP contribution in [-0.2, 0) is 6.42 Å². The van der Waals surface area contributed by atoms with E-state index in [-0.39, 0.29) is 6.04 Å². The van der Waals surface area contributed by atoms with Gasteiger partial charge in [-0.15, -0.1) is 0 Å². The van der Waals surface area contributed by atoms with Crippen LogP contribution in [0, 0.1) is 0 Å². The van der Waals surface area contributed by atoms with Crippen molar-refractivity contribution in [2.45, 2.75) is 26.3 Å². The number of benzene rings is 1. The van der Waals surface area contributed by atoms with Crippen LogP contribution in [0.3, 0.4) is 0 Å². The lowest BCUT2D eigenvalue weighted by atomic mass is 10.0. The average Bonchev–Trinajstić information content (AvgIpc) is 2.86. The molecule has 3 rings (SSSR count). The Balaban J connectivity index is 1.95. The van der Waals surface area contributed by atoms with Crippen molar-refractivity contribution >= 4 is 28.3 Å². The molecule has 0 aliphatic rings. The van der Waals surface area contributed by atoms with Gasteiger partial charge in [-0.3, -0.25) is 0 Å². The van der Waals surface area contributed by atoms with E-state index in [9.17, 15) is 0 Å². The molecule has 1 aromatic carbocycles. The fourth-order valence-corrected chi connectivity index (χ4v) is 2.81. The number of nitrogens with zero attached hydrogens (tertiary/aromatic N) is 1. The average molecular weight is 301 g/mol. The molecule has 0 bridgehead atoms. The summed E-state index contributed by atoms with van der Waals surface area (Å²) in [5.41, 5.74) is 3.13. The first-order chi connectivity index (χ1) is 10.2. The summed E-state index contributed by atoms with van der Waals surface area (Å²) in [7, 11) is 0. The molecule has 0 aliphatic carbocycles. The highest BCUT2D eigenvalue weighted by atomic mass is 35.5. The Morgan fingerprint density at radius 1 is 1.29 bits per heavy atom. The van der Waals surface area contributed by atoms with Crippen molar-refractivity contribution in [3.8, 4) is 0 Å². The normalized spacial score (nSPS) is 12.5. The second-order valence-corrected chi connectivity index (χ2v) is 5.42. The van der Waals surface area contributed by atoms with E-state index in [4.69, 9.17) is 16.0 Å². The summed E-state index contributed by atoms with van der Waals surface area (Å²) in [5, 5.41) is 5.09. The molecule has 3 nitrogen and oxygen atoms in total. The molecule has 1 N–H and O–H groups in total. The summed E-state index contributed by atoms with van der Waals surface area (Å²) in [5.74, 6) is 0.978. The number of hydrogen-bond donors (Lipinski definition) is 1. The first-order valence-electron chi connectivity index (χ1n) is 7.07. The van der Waals surface area contributed by atoms with E-state index in [0.717, 1.165) is 23.5 Å². The minimum Gasteiger partial charge on any atom is -0.459 e. The number of rotatable bonds is 4. The molecule has 0 saturated heterocycles. The van der Waals surface area contributed by atoms with E-state index < -0.39 is 0 Å². The molecule has 3 aromatic rings. The summed E-state index contributed by atoms with van der Waals surface area (Å²) in [4.78, 5) is 3.99. The Morgan fingerprint density at radius 2 is 2.10 bits per heavy atom. The van der Waals surface area contributed by atoms with Gasteiger partial charge in [0, 0.05) is 22.8 Å². The minimum absolute atomic E-state index is 0.0609. The van der Waals surface area contributed by atoms with Gasteiger partial charge in [-0.05, 0) is 31.5 Å². The highest BCUT2D eigenvalue weighted by Crippen LogP contribution is 2.32. The van der Waals surface area contributed by atoms with Gasteiger partial charge >= 0.3 is 0 Å². The predicted molar refractivity (Wildman–Crippen MR) is 86.9 cm³/mol. The second-order valence-electron chi connectivity index (χ2n) is 5.03. The van der Waals surface area contributed by atoms with Gasteiger partial charge in [-0.1, -0.05) is 36.7 Å². The van der Waals surface area contributed by atoms with Gasteiger partial charge in [0.1, 0.15) is 16.5 Å². The van der Waals surface area contributed by atoms with Crippen molar-refractivity contribution in [1.29, 1.82) is 0 Å². The van der Waals surface area contributed by atoms with E-state index >= 15 is 0 Å². The van der Waals surface area contributed by atoms with Crippen LogP contribution < -0.4 is 5.32 Å². The van der Waals surface area contributed by atoms with Crippen LogP contribution in [0.15, 0.2) is 47.0 Å². The summed E-state index contributed by atoms with van der Waals surface area (Å²) >= 11 is 5.92. The quantitative estimate of drug-likeness (QED) is 0.672. The number of fused-ring (bicyclic) bond motifs is 1. The van der Waals surface area contributed by atoms with Gasteiger partial charge in [-0.25, -0.2) is 4.98 Å². The Kier molecular flexibility index (Phi) is 3.84. The van der Waals surface area contributed by atoms with Crippen LogP contribution in [0.25, 0.3) is 11.0 Å². The SMILES string of the molecule is CCc1c(C(C)Nc2ccnc(Cl)c2)oc2ccccc12. The van der Waals surface area contributed by atoms with E-state index in [1.807, 2.05) is 30.3 Å². The highest BCUT2D eigenvalue weighted by Gasteiger charge is 2.18. The van der Waals surface area contributed by atoms with Crippen molar-refractivity contribution in [3.05, 3.63) is 59.1 Å². The minimum atomic E-state index is 0.0609. The van der Waals surface area contributed by atoms with Gasteiger partial charge in [-0.2, -0.15) is 0 Å². The molecule has 21 heavy (non-hydrogen) atoms. The van der Waals surface area contributed by atoms with Gasteiger partial charge in [0.15, 0.2) is 0 Å². The van der Waals surface area contributed by atoms with E-state index in [1.165, 1.54) is 10.9 Å². The number of halogens is 1. The van der Waals surface area contributed by atoms with E-state index in [0.29, 0.717) is 5.15 Å². The third-order valence-electron chi connectivity index (χ3n) is 3.59. The van der Waals surface area contributed by atoms with Gasteiger partial charge in [0.05, 0.1) is 6.04 Å². The van der Waals surface area contributed by atoms with Gasteiger partial charge in [0.2, 0.25) is 0 Å². The van der Waals surface area contributed by atoms with Crippen molar-refractivity contribution in [2.24, 2.45) is 0 Å². The smallest absolute Gasteiger partial charge is 0.134 e. The molecule has 0 amide bonds.